The summed E-state index contributed by atoms with van der Waals surface area (Å²) < 4.78 is 0. The van der Waals surface area contributed by atoms with Crippen molar-refractivity contribution in [2.24, 2.45) is 11.8 Å². The summed E-state index contributed by atoms with van der Waals surface area (Å²) in [5.74, 6) is 2.10. The SMILES string of the molecule is C.CC1CCC2SC(C)CC2C1. The van der Waals surface area contributed by atoms with E-state index in [4.69, 9.17) is 0 Å². The van der Waals surface area contributed by atoms with Crippen LogP contribution in [0.4, 0.5) is 0 Å². The lowest BCUT2D eigenvalue weighted by molar-refractivity contribution is 0.292. The van der Waals surface area contributed by atoms with E-state index < -0.39 is 0 Å². The molecule has 1 saturated heterocycles. The topological polar surface area (TPSA) is 0 Å². The smallest absolute Gasteiger partial charge is 0.00786 e. The minimum Gasteiger partial charge on any atom is -0.155 e. The maximum Gasteiger partial charge on any atom is 0.00786 e. The number of rotatable bonds is 0. The first-order valence-corrected chi connectivity index (χ1v) is 5.85. The average molecular weight is 186 g/mol. The van der Waals surface area contributed by atoms with E-state index >= 15 is 0 Å². The molecule has 4 atom stereocenters. The molecule has 2 aliphatic rings. The first-order chi connectivity index (χ1) is 5.25. The molecule has 2 fully saturated rings. The van der Waals surface area contributed by atoms with E-state index in [1.54, 1.807) is 0 Å². The van der Waals surface area contributed by atoms with Gasteiger partial charge in [-0.25, -0.2) is 0 Å². The highest BCUT2D eigenvalue weighted by atomic mass is 32.2. The Labute approximate surface area is 81.5 Å². The highest BCUT2D eigenvalue weighted by Gasteiger charge is 2.36. The molecule has 1 heteroatoms. The third kappa shape index (κ3) is 1.99. The van der Waals surface area contributed by atoms with Gasteiger partial charge in [-0.2, -0.15) is 11.8 Å². The predicted octanol–water partition coefficient (Wildman–Crippen LogP) is 3.95. The molecule has 0 N–H and O–H groups in total. The van der Waals surface area contributed by atoms with Crippen LogP contribution in [0.5, 0.6) is 0 Å². The van der Waals surface area contributed by atoms with Crippen molar-refractivity contribution < 1.29 is 0 Å². The second kappa shape index (κ2) is 4.04. The van der Waals surface area contributed by atoms with Gasteiger partial charge in [-0.15, -0.1) is 0 Å². The van der Waals surface area contributed by atoms with Crippen molar-refractivity contribution in [2.45, 2.75) is 57.5 Å². The highest BCUT2D eigenvalue weighted by Crippen LogP contribution is 2.47. The lowest BCUT2D eigenvalue weighted by atomic mass is 9.80. The van der Waals surface area contributed by atoms with Crippen LogP contribution in [-0.2, 0) is 0 Å². The molecule has 1 aliphatic carbocycles. The zero-order valence-electron chi connectivity index (χ0n) is 7.55. The van der Waals surface area contributed by atoms with Crippen molar-refractivity contribution in [3.05, 3.63) is 0 Å². The number of fused-ring (bicyclic) bond motifs is 1. The molecule has 4 unspecified atom stereocenters. The van der Waals surface area contributed by atoms with Gasteiger partial charge in [0.2, 0.25) is 0 Å². The summed E-state index contributed by atoms with van der Waals surface area (Å²) >= 11 is 2.25. The molecule has 0 spiro atoms. The van der Waals surface area contributed by atoms with Crippen molar-refractivity contribution in [2.75, 3.05) is 0 Å². The molecule has 2 rings (SSSR count). The van der Waals surface area contributed by atoms with Crippen molar-refractivity contribution in [3.8, 4) is 0 Å². The van der Waals surface area contributed by atoms with Crippen molar-refractivity contribution in [1.29, 1.82) is 0 Å². The van der Waals surface area contributed by atoms with E-state index in [1.807, 2.05) is 0 Å². The van der Waals surface area contributed by atoms with Crippen molar-refractivity contribution in [1.82, 2.24) is 0 Å². The first-order valence-electron chi connectivity index (χ1n) is 4.91. The molecule has 1 saturated carbocycles. The number of hydrogen-bond acceptors (Lipinski definition) is 1. The molecule has 0 amide bonds. The van der Waals surface area contributed by atoms with Crippen LogP contribution in [-0.4, -0.2) is 10.5 Å². The van der Waals surface area contributed by atoms with Crippen LogP contribution in [0, 0.1) is 11.8 Å². The Balaban J connectivity index is 0.000000720. The Hall–Kier alpha value is 0.350. The average Bonchev–Trinajstić information content (AvgIpc) is 2.27. The molecule has 0 radical (unpaired) electrons. The monoisotopic (exact) mass is 186 g/mol. The fraction of sp³-hybridized carbons (Fsp3) is 1.00. The largest absolute Gasteiger partial charge is 0.155 e. The van der Waals surface area contributed by atoms with Gasteiger partial charge in [0, 0.05) is 10.5 Å². The van der Waals surface area contributed by atoms with E-state index in [2.05, 4.69) is 25.6 Å². The molecule has 0 bridgehead atoms. The fourth-order valence-electron chi connectivity index (χ4n) is 2.68. The molecular formula is C11H22S. The van der Waals surface area contributed by atoms with Gasteiger partial charge < -0.3 is 0 Å². The highest BCUT2D eigenvalue weighted by molar-refractivity contribution is 8.00. The van der Waals surface area contributed by atoms with E-state index in [0.29, 0.717) is 0 Å². The molecule has 0 aromatic heterocycles. The fourth-order valence-corrected chi connectivity index (χ4v) is 4.35. The zero-order chi connectivity index (χ0) is 7.84. The van der Waals surface area contributed by atoms with Gasteiger partial charge in [0.25, 0.3) is 0 Å². The van der Waals surface area contributed by atoms with Crippen molar-refractivity contribution in [3.63, 3.8) is 0 Å². The maximum absolute atomic E-state index is 2.42. The molecule has 0 nitrogen and oxygen atoms in total. The Kier molecular flexibility index (Phi) is 3.51. The van der Waals surface area contributed by atoms with Crippen molar-refractivity contribution >= 4 is 11.8 Å². The Morgan fingerprint density at radius 3 is 2.58 bits per heavy atom. The third-order valence-corrected chi connectivity index (χ3v) is 4.84. The van der Waals surface area contributed by atoms with Crippen LogP contribution in [0.3, 0.4) is 0 Å². The van der Waals surface area contributed by atoms with Gasteiger partial charge in [-0.3, -0.25) is 0 Å². The van der Waals surface area contributed by atoms with Gasteiger partial charge in [0.15, 0.2) is 0 Å². The predicted molar refractivity (Wildman–Crippen MR) is 58.7 cm³/mol. The number of thioether (sulfide) groups is 1. The standard InChI is InChI=1S/C10H18S.CH4/c1-7-3-4-10-9(5-7)6-8(2)11-10;/h7-10H,3-6H2,1-2H3;1H4. The van der Waals surface area contributed by atoms with Crippen LogP contribution in [0.1, 0.15) is 47.0 Å². The molecule has 1 heterocycles. The van der Waals surface area contributed by atoms with E-state index in [1.165, 1.54) is 25.7 Å². The van der Waals surface area contributed by atoms with E-state index in [9.17, 15) is 0 Å². The summed E-state index contributed by atoms with van der Waals surface area (Å²) in [5, 5.41) is 2.00. The molecule has 72 valence electrons. The lowest BCUT2D eigenvalue weighted by Crippen LogP contribution is -2.21. The summed E-state index contributed by atoms with van der Waals surface area (Å²) in [6, 6.07) is 0. The Bertz CT molecular complexity index is 144. The van der Waals surface area contributed by atoms with E-state index in [0.717, 1.165) is 22.3 Å². The summed E-state index contributed by atoms with van der Waals surface area (Å²) in [7, 11) is 0. The molecule has 0 aromatic rings. The quantitative estimate of drug-likeness (QED) is 0.552. The van der Waals surface area contributed by atoms with Gasteiger partial charge in [0.1, 0.15) is 0 Å². The Morgan fingerprint density at radius 1 is 1.08 bits per heavy atom. The second-order valence-corrected chi connectivity index (χ2v) is 6.08. The Morgan fingerprint density at radius 2 is 1.83 bits per heavy atom. The summed E-state index contributed by atoms with van der Waals surface area (Å²) in [6.07, 6.45) is 6.00. The van der Waals surface area contributed by atoms with Gasteiger partial charge in [-0.1, -0.05) is 21.3 Å². The number of hydrogen-bond donors (Lipinski definition) is 0. The second-order valence-electron chi connectivity index (χ2n) is 4.40. The molecule has 12 heavy (non-hydrogen) atoms. The van der Waals surface area contributed by atoms with Crippen LogP contribution < -0.4 is 0 Å². The molecule has 1 aliphatic heterocycles. The summed E-state index contributed by atoms with van der Waals surface area (Å²) in [4.78, 5) is 0. The maximum atomic E-state index is 2.42. The summed E-state index contributed by atoms with van der Waals surface area (Å²) in [5.41, 5.74) is 0. The van der Waals surface area contributed by atoms with Crippen LogP contribution in [0.15, 0.2) is 0 Å². The van der Waals surface area contributed by atoms with Gasteiger partial charge in [-0.05, 0) is 37.5 Å². The minimum atomic E-state index is 0. The third-order valence-electron chi connectivity index (χ3n) is 3.22. The van der Waals surface area contributed by atoms with Gasteiger partial charge >= 0.3 is 0 Å². The zero-order valence-corrected chi connectivity index (χ0v) is 8.36. The minimum absolute atomic E-state index is 0. The first kappa shape index (κ1) is 10.4. The lowest BCUT2D eigenvalue weighted by Gasteiger charge is -2.28. The van der Waals surface area contributed by atoms with Crippen LogP contribution >= 0.6 is 11.8 Å². The van der Waals surface area contributed by atoms with Crippen LogP contribution in [0.25, 0.3) is 0 Å². The van der Waals surface area contributed by atoms with Gasteiger partial charge in [0.05, 0.1) is 0 Å². The molecule has 0 aromatic carbocycles. The normalized spacial score (nSPS) is 46.5. The summed E-state index contributed by atoms with van der Waals surface area (Å²) in [6.45, 7) is 4.82. The van der Waals surface area contributed by atoms with Crippen LogP contribution in [0.2, 0.25) is 0 Å². The van der Waals surface area contributed by atoms with E-state index in [-0.39, 0.29) is 7.43 Å². The molecular weight excluding hydrogens is 164 g/mol.